The first-order valence-corrected chi connectivity index (χ1v) is 8.83. The van der Waals surface area contributed by atoms with Crippen molar-refractivity contribution in [3.63, 3.8) is 0 Å². The SMILES string of the molecule is O=[S+]1(O)C[C@@H](N(CCO)C(=S)Nc2ccccc2)[C@@H](O)C1. The molecule has 1 fully saturated rings. The monoisotopic (exact) mass is 331 g/mol. The highest BCUT2D eigenvalue weighted by molar-refractivity contribution is 7.98. The van der Waals surface area contributed by atoms with Crippen LogP contribution >= 0.6 is 12.2 Å². The van der Waals surface area contributed by atoms with E-state index in [0.717, 1.165) is 5.69 Å². The Hall–Kier alpha value is -1.06. The van der Waals surface area contributed by atoms with Crippen molar-refractivity contribution in [3.8, 4) is 0 Å². The molecule has 0 bridgehead atoms. The second-order valence-corrected chi connectivity index (χ2v) is 7.55. The van der Waals surface area contributed by atoms with Gasteiger partial charge in [0, 0.05) is 12.2 Å². The summed E-state index contributed by atoms with van der Waals surface area (Å²) < 4.78 is 21.4. The molecule has 116 valence electrons. The molecule has 0 aliphatic carbocycles. The highest BCUT2D eigenvalue weighted by Gasteiger charge is 2.49. The molecule has 0 aromatic heterocycles. The van der Waals surface area contributed by atoms with E-state index in [9.17, 15) is 19.0 Å². The Balaban J connectivity index is 2.11. The van der Waals surface area contributed by atoms with Crippen molar-refractivity contribution in [2.45, 2.75) is 12.1 Å². The molecule has 0 radical (unpaired) electrons. The predicted molar refractivity (Wildman–Crippen MR) is 86.7 cm³/mol. The quantitative estimate of drug-likeness (QED) is 0.468. The molecule has 1 saturated heterocycles. The van der Waals surface area contributed by atoms with Gasteiger partial charge in [0.25, 0.3) is 0 Å². The van der Waals surface area contributed by atoms with Crippen molar-refractivity contribution >= 4 is 33.2 Å². The zero-order chi connectivity index (χ0) is 15.5. The minimum Gasteiger partial charge on any atom is -0.395 e. The standard InChI is InChI=1S/C13H18N2O4S2/c16-7-6-15(11-8-21(18,19)9-12(11)17)13(20)14-10-4-2-1-3-5-10/h1-5,11-12,16-17H,6-9H2,(H-,14,18,19,20)/p+1/t11-,12+/m1/s1. The van der Waals surface area contributed by atoms with Crippen LogP contribution in [0.3, 0.4) is 0 Å². The van der Waals surface area contributed by atoms with Crippen LogP contribution in [0.25, 0.3) is 0 Å². The van der Waals surface area contributed by atoms with E-state index < -0.39 is 22.4 Å². The molecule has 1 unspecified atom stereocenters. The molecular weight excluding hydrogens is 312 g/mol. The Morgan fingerprint density at radius 1 is 1.38 bits per heavy atom. The number of rotatable bonds is 4. The third-order valence-electron chi connectivity index (χ3n) is 3.33. The Morgan fingerprint density at radius 3 is 2.57 bits per heavy atom. The van der Waals surface area contributed by atoms with Crippen LogP contribution in [0.5, 0.6) is 0 Å². The van der Waals surface area contributed by atoms with Gasteiger partial charge in [-0.15, -0.1) is 0 Å². The number of hydrogen-bond acceptors (Lipinski definition) is 4. The summed E-state index contributed by atoms with van der Waals surface area (Å²) in [6, 6.07) is 8.69. The number of aliphatic hydroxyl groups excluding tert-OH is 2. The molecule has 4 N–H and O–H groups in total. The number of nitrogens with zero attached hydrogens (tertiary/aromatic N) is 1. The van der Waals surface area contributed by atoms with Crippen LogP contribution in [0, 0.1) is 0 Å². The topological polar surface area (TPSA) is 93.0 Å². The average Bonchev–Trinajstić information content (AvgIpc) is 2.70. The van der Waals surface area contributed by atoms with Gasteiger partial charge in [0.15, 0.2) is 16.6 Å². The fourth-order valence-electron chi connectivity index (χ4n) is 2.36. The first kappa shape index (κ1) is 16.3. The third kappa shape index (κ3) is 4.21. The van der Waals surface area contributed by atoms with Crippen LogP contribution in [-0.4, -0.2) is 61.6 Å². The van der Waals surface area contributed by atoms with Gasteiger partial charge < -0.3 is 20.4 Å². The number of thiocarbonyl (C=S) groups is 1. The molecule has 2 rings (SSSR count). The van der Waals surface area contributed by atoms with Crippen LogP contribution < -0.4 is 5.32 Å². The van der Waals surface area contributed by atoms with Gasteiger partial charge in [0.05, 0.1) is 6.61 Å². The third-order valence-corrected chi connectivity index (χ3v) is 5.40. The summed E-state index contributed by atoms with van der Waals surface area (Å²) in [5.74, 6) is -0.210. The molecule has 1 heterocycles. The summed E-state index contributed by atoms with van der Waals surface area (Å²) in [5.41, 5.74) is 0.780. The lowest BCUT2D eigenvalue weighted by Crippen LogP contribution is -2.49. The minimum absolute atomic E-state index is 0.0508. The Labute approximate surface area is 130 Å². The largest absolute Gasteiger partial charge is 0.395 e. The maximum Gasteiger partial charge on any atom is 0.219 e. The average molecular weight is 331 g/mol. The maximum absolute atomic E-state index is 11.7. The minimum atomic E-state index is -3.03. The smallest absolute Gasteiger partial charge is 0.219 e. The summed E-state index contributed by atoms with van der Waals surface area (Å²) >= 11 is 5.31. The van der Waals surface area contributed by atoms with Crippen molar-refractivity contribution < 1.29 is 19.0 Å². The van der Waals surface area contributed by atoms with Gasteiger partial charge in [-0.25, -0.2) is 0 Å². The van der Waals surface area contributed by atoms with Crippen LogP contribution in [0.2, 0.25) is 0 Å². The number of benzene rings is 1. The Bertz CT molecular complexity index is 540. The van der Waals surface area contributed by atoms with Gasteiger partial charge in [-0.2, -0.15) is 4.55 Å². The summed E-state index contributed by atoms with van der Waals surface area (Å²) in [7, 11) is -3.03. The molecule has 1 aliphatic heterocycles. The van der Waals surface area contributed by atoms with E-state index in [2.05, 4.69) is 5.32 Å². The number of para-hydroxylation sites is 1. The summed E-state index contributed by atoms with van der Waals surface area (Å²) in [6.07, 6.45) is -0.940. The summed E-state index contributed by atoms with van der Waals surface area (Å²) in [4.78, 5) is 1.58. The molecule has 0 saturated carbocycles. The molecule has 1 aromatic carbocycles. The normalized spacial score (nSPS) is 28.3. The number of aliphatic hydroxyl groups is 2. The lowest BCUT2D eigenvalue weighted by molar-refractivity contribution is 0.112. The number of anilines is 1. The van der Waals surface area contributed by atoms with Gasteiger partial charge in [0.2, 0.25) is 10.2 Å². The van der Waals surface area contributed by atoms with Crippen molar-refractivity contribution in [3.05, 3.63) is 30.3 Å². The molecule has 8 heteroatoms. The number of hydrogen-bond donors (Lipinski definition) is 4. The fraction of sp³-hybridized carbons (Fsp3) is 0.462. The van der Waals surface area contributed by atoms with Crippen molar-refractivity contribution in [1.82, 2.24) is 4.90 Å². The van der Waals surface area contributed by atoms with Gasteiger partial charge in [-0.05, 0) is 24.4 Å². The molecular formula is C13H19N2O4S2+. The van der Waals surface area contributed by atoms with E-state index in [4.69, 9.17) is 12.2 Å². The highest BCUT2D eigenvalue weighted by Crippen LogP contribution is 2.23. The van der Waals surface area contributed by atoms with Gasteiger partial charge in [-0.1, -0.05) is 22.4 Å². The highest BCUT2D eigenvalue weighted by atomic mass is 32.3. The van der Waals surface area contributed by atoms with Gasteiger partial charge in [0.1, 0.15) is 12.1 Å². The van der Waals surface area contributed by atoms with Crippen LogP contribution in [-0.2, 0) is 14.4 Å². The van der Waals surface area contributed by atoms with E-state index >= 15 is 0 Å². The van der Waals surface area contributed by atoms with Gasteiger partial charge in [-0.3, -0.25) is 0 Å². The fourth-order valence-corrected chi connectivity index (χ4v) is 4.54. The molecule has 6 nitrogen and oxygen atoms in total. The maximum atomic E-state index is 11.7. The zero-order valence-electron chi connectivity index (χ0n) is 11.4. The second kappa shape index (κ2) is 6.80. The lowest BCUT2D eigenvalue weighted by atomic mass is 10.2. The van der Waals surface area contributed by atoms with Crippen molar-refractivity contribution in [1.29, 1.82) is 0 Å². The van der Waals surface area contributed by atoms with Gasteiger partial charge >= 0.3 is 0 Å². The van der Waals surface area contributed by atoms with Crippen LogP contribution in [0.4, 0.5) is 5.69 Å². The summed E-state index contributed by atoms with van der Waals surface area (Å²) in [6.45, 7) is 0.0301. The van der Waals surface area contributed by atoms with Crippen molar-refractivity contribution in [2.24, 2.45) is 0 Å². The lowest BCUT2D eigenvalue weighted by Gasteiger charge is -2.30. The van der Waals surface area contributed by atoms with Crippen LogP contribution in [0.15, 0.2) is 30.3 Å². The Kier molecular flexibility index (Phi) is 5.28. The molecule has 3 atom stereocenters. The van der Waals surface area contributed by atoms with Crippen LogP contribution in [0.1, 0.15) is 0 Å². The second-order valence-electron chi connectivity index (χ2n) is 4.95. The van der Waals surface area contributed by atoms with E-state index in [1.54, 1.807) is 4.90 Å². The zero-order valence-corrected chi connectivity index (χ0v) is 13.0. The first-order valence-electron chi connectivity index (χ1n) is 6.56. The predicted octanol–water partition coefficient (Wildman–Crippen LogP) is 0.393. The Morgan fingerprint density at radius 2 is 2.05 bits per heavy atom. The number of nitrogens with one attached hydrogen (secondary N) is 1. The van der Waals surface area contributed by atoms with E-state index in [1.807, 2.05) is 30.3 Å². The van der Waals surface area contributed by atoms with E-state index in [1.165, 1.54) is 0 Å². The molecule has 1 aromatic rings. The van der Waals surface area contributed by atoms with Crippen molar-refractivity contribution in [2.75, 3.05) is 30.0 Å². The molecule has 0 amide bonds. The first-order chi connectivity index (χ1) is 9.93. The van der Waals surface area contributed by atoms with E-state index in [0.29, 0.717) is 5.11 Å². The molecule has 21 heavy (non-hydrogen) atoms. The van der Waals surface area contributed by atoms with E-state index in [-0.39, 0.29) is 24.7 Å². The molecule has 0 spiro atoms. The summed E-state index contributed by atoms with van der Waals surface area (Å²) in [5, 5.41) is 22.5. The molecule has 1 aliphatic rings.